The Balaban J connectivity index is 2.16. The van der Waals surface area contributed by atoms with Gasteiger partial charge in [0.25, 0.3) is 0 Å². The Morgan fingerprint density at radius 1 is 1.29 bits per heavy atom. The highest BCUT2D eigenvalue weighted by atomic mass is 16.2. The van der Waals surface area contributed by atoms with Gasteiger partial charge < -0.3 is 10.3 Å². The minimum absolute atomic E-state index is 0.349. The summed E-state index contributed by atoms with van der Waals surface area (Å²) in [6.07, 6.45) is 5.43. The molecular formula is C11H24BNO. The van der Waals surface area contributed by atoms with Gasteiger partial charge in [-0.2, -0.15) is 0 Å². The molecule has 0 bridgehead atoms. The maximum absolute atomic E-state index is 9.11. The third-order valence-corrected chi connectivity index (χ3v) is 3.54. The zero-order chi connectivity index (χ0) is 10.6. The first-order chi connectivity index (χ1) is 6.59. The van der Waals surface area contributed by atoms with Crippen molar-refractivity contribution in [2.45, 2.75) is 46.4 Å². The number of hydrogen-bond acceptors (Lipinski definition) is 2. The van der Waals surface area contributed by atoms with Crippen molar-refractivity contribution >= 4 is 7.05 Å². The van der Waals surface area contributed by atoms with Crippen LogP contribution in [0.1, 0.15) is 39.5 Å². The second-order valence-corrected chi connectivity index (χ2v) is 5.11. The highest BCUT2D eigenvalue weighted by Gasteiger charge is 2.23. The summed E-state index contributed by atoms with van der Waals surface area (Å²) < 4.78 is 0. The van der Waals surface area contributed by atoms with Crippen LogP contribution >= 0.6 is 0 Å². The molecule has 2 nitrogen and oxygen atoms in total. The van der Waals surface area contributed by atoms with E-state index in [0.717, 1.165) is 24.3 Å². The summed E-state index contributed by atoms with van der Waals surface area (Å²) in [6.45, 7) is 7.44. The molecule has 1 saturated carbocycles. The molecule has 0 aromatic rings. The topological polar surface area (TPSA) is 32.3 Å². The zero-order valence-electron chi connectivity index (χ0n) is 9.79. The van der Waals surface area contributed by atoms with Crippen molar-refractivity contribution in [3.63, 3.8) is 0 Å². The molecule has 0 aromatic carbocycles. The van der Waals surface area contributed by atoms with Crippen molar-refractivity contribution in [2.24, 2.45) is 17.8 Å². The van der Waals surface area contributed by atoms with Crippen LogP contribution in [0.15, 0.2) is 0 Å². The minimum atomic E-state index is -0.349. The highest BCUT2D eigenvalue weighted by Crippen LogP contribution is 2.32. The van der Waals surface area contributed by atoms with E-state index >= 15 is 0 Å². The van der Waals surface area contributed by atoms with Crippen molar-refractivity contribution < 1.29 is 5.02 Å². The maximum atomic E-state index is 9.11. The van der Waals surface area contributed by atoms with Crippen molar-refractivity contribution in [1.82, 2.24) is 5.23 Å². The van der Waals surface area contributed by atoms with Gasteiger partial charge in [-0.25, -0.2) is 0 Å². The molecule has 0 amide bonds. The molecule has 0 aliphatic heterocycles. The SMILES string of the molecule is CB(O)NCC1CCC(C(C)C)CC1. The summed E-state index contributed by atoms with van der Waals surface area (Å²) in [4.78, 5) is 0. The van der Waals surface area contributed by atoms with Crippen LogP contribution in [0.4, 0.5) is 0 Å². The van der Waals surface area contributed by atoms with E-state index in [1.807, 2.05) is 0 Å². The van der Waals surface area contributed by atoms with Gasteiger partial charge in [0.1, 0.15) is 0 Å². The molecule has 82 valence electrons. The molecule has 14 heavy (non-hydrogen) atoms. The summed E-state index contributed by atoms with van der Waals surface area (Å²) in [5, 5.41) is 12.2. The van der Waals surface area contributed by atoms with Gasteiger partial charge in [-0.05, 0) is 56.8 Å². The molecular weight excluding hydrogens is 173 g/mol. The molecule has 0 unspecified atom stereocenters. The smallest absolute Gasteiger partial charge is 0.373 e. The van der Waals surface area contributed by atoms with Gasteiger partial charge >= 0.3 is 7.05 Å². The largest absolute Gasteiger partial charge is 0.437 e. The Morgan fingerprint density at radius 3 is 2.29 bits per heavy atom. The van der Waals surface area contributed by atoms with Crippen LogP contribution in [-0.4, -0.2) is 18.6 Å². The fourth-order valence-corrected chi connectivity index (χ4v) is 2.40. The molecule has 0 heterocycles. The Labute approximate surface area is 88.6 Å². The van der Waals surface area contributed by atoms with E-state index in [1.165, 1.54) is 25.7 Å². The van der Waals surface area contributed by atoms with Gasteiger partial charge in [-0.1, -0.05) is 13.8 Å². The number of nitrogens with one attached hydrogen (secondary N) is 1. The van der Waals surface area contributed by atoms with Gasteiger partial charge in [-0.15, -0.1) is 0 Å². The van der Waals surface area contributed by atoms with E-state index in [4.69, 9.17) is 5.02 Å². The van der Waals surface area contributed by atoms with E-state index in [0.29, 0.717) is 0 Å². The third kappa shape index (κ3) is 4.01. The van der Waals surface area contributed by atoms with Crippen LogP contribution in [0.5, 0.6) is 0 Å². The van der Waals surface area contributed by atoms with Gasteiger partial charge in [0, 0.05) is 0 Å². The Bertz CT molecular complexity index is 153. The molecule has 0 saturated heterocycles. The summed E-state index contributed by atoms with van der Waals surface area (Å²) in [5.74, 6) is 2.58. The van der Waals surface area contributed by atoms with Crippen molar-refractivity contribution in [1.29, 1.82) is 0 Å². The quantitative estimate of drug-likeness (QED) is 0.677. The van der Waals surface area contributed by atoms with Gasteiger partial charge in [0.15, 0.2) is 0 Å². The molecule has 1 aliphatic carbocycles. The van der Waals surface area contributed by atoms with E-state index in [-0.39, 0.29) is 7.05 Å². The van der Waals surface area contributed by atoms with Gasteiger partial charge in [0.2, 0.25) is 0 Å². The molecule has 1 aliphatic rings. The van der Waals surface area contributed by atoms with Gasteiger partial charge in [0.05, 0.1) is 0 Å². The average Bonchev–Trinajstić information content (AvgIpc) is 2.15. The molecule has 1 rings (SSSR count). The van der Waals surface area contributed by atoms with Crippen molar-refractivity contribution in [3.8, 4) is 0 Å². The molecule has 3 heteroatoms. The Morgan fingerprint density at radius 2 is 1.86 bits per heavy atom. The summed E-state index contributed by atoms with van der Waals surface area (Å²) in [5.41, 5.74) is 0. The Hall–Kier alpha value is -0.0151. The number of hydrogen-bond donors (Lipinski definition) is 2. The van der Waals surface area contributed by atoms with Crippen molar-refractivity contribution in [3.05, 3.63) is 0 Å². The highest BCUT2D eigenvalue weighted by molar-refractivity contribution is 6.45. The summed E-state index contributed by atoms with van der Waals surface area (Å²) >= 11 is 0. The van der Waals surface area contributed by atoms with E-state index in [1.54, 1.807) is 6.82 Å². The van der Waals surface area contributed by atoms with Crippen LogP contribution in [-0.2, 0) is 0 Å². The first-order valence-corrected chi connectivity index (χ1v) is 6.01. The molecule has 0 atom stereocenters. The first kappa shape index (κ1) is 12.1. The third-order valence-electron chi connectivity index (χ3n) is 3.54. The van der Waals surface area contributed by atoms with Crippen molar-refractivity contribution in [2.75, 3.05) is 6.54 Å². The van der Waals surface area contributed by atoms with Crippen LogP contribution in [0.3, 0.4) is 0 Å². The predicted octanol–water partition coefficient (Wildman–Crippen LogP) is 2.15. The number of rotatable bonds is 4. The zero-order valence-corrected chi connectivity index (χ0v) is 9.79. The predicted molar refractivity (Wildman–Crippen MR) is 62.1 cm³/mol. The normalized spacial score (nSPS) is 28.1. The van der Waals surface area contributed by atoms with Crippen LogP contribution in [0.2, 0.25) is 6.82 Å². The second kappa shape index (κ2) is 5.77. The lowest BCUT2D eigenvalue weighted by Crippen LogP contribution is -2.36. The molecule has 2 N–H and O–H groups in total. The van der Waals surface area contributed by atoms with Crippen LogP contribution < -0.4 is 5.23 Å². The minimum Gasteiger partial charge on any atom is -0.437 e. The lowest BCUT2D eigenvalue weighted by molar-refractivity contribution is 0.224. The lowest BCUT2D eigenvalue weighted by atomic mass is 9.76. The second-order valence-electron chi connectivity index (χ2n) is 5.11. The van der Waals surface area contributed by atoms with E-state index in [9.17, 15) is 0 Å². The molecule has 0 spiro atoms. The first-order valence-electron chi connectivity index (χ1n) is 6.01. The molecule has 0 radical (unpaired) electrons. The molecule has 0 aromatic heterocycles. The standard InChI is InChI=1S/C11H24BNO/c1-9(2)11-6-4-10(5-7-11)8-13-12(3)14/h9-11,13-14H,4-8H2,1-3H3. The van der Waals surface area contributed by atoms with E-state index < -0.39 is 0 Å². The summed E-state index contributed by atoms with van der Waals surface area (Å²) in [6, 6.07) is 0. The maximum Gasteiger partial charge on any atom is 0.373 e. The Kier molecular flexibility index (Phi) is 4.97. The lowest BCUT2D eigenvalue weighted by Gasteiger charge is -2.31. The van der Waals surface area contributed by atoms with Crippen LogP contribution in [0, 0.1) is 17.8 Å². The fraction of sp³-hybridized carbons (Fsp3) is 1.00. The van der Waals surface area contributed by atoms with Crippen LogP contribution in [0.25, 0.3) is 0 Å². The monoisotopic (exact) mass is 197 g/mol. The average molecular weight is 197 g/mol. The molecule has 1 fully saturated rings. The van der Waals surface area contributed by atoms with E-state index in [2.05, 4.69) is 19.1 Å². The fourth-order valence-electron chi connectivity index (χ4n) is 2.40. The summed E-state index contributed by atoms with van der Waals surface area (Å²) in [7, 11) is -0.349. The van der Waals surface area contributed by atoms with Gasteiger partial charge in [-0.3, -0.25) is 0 Å².